The highest BCUT2D eigenvalue weighted by molar-refractivity contribution is 5.17. The van der Waals surface area contributed by atoms with Crippen molar-refractivity contribution in [2.24, 2.45) is 0 Å². The van der Waals surface area contributed by atoms with E-state index >= 15 is 0 Å². The maximum Gasteiger partial charge on any atom is 0.459 e. The molecule has 1 nitrogen and oxygen atoms in total. The first kappa shape index (κ1) is 35.3. The van der Waals surface area contributed by atoms with Crippen LogP contribution in [0.5, 0.6) is 0 Å². The first-order valence-electron chi connectivity index (χ1n) is 7.64. The summed E-state index contributed by atoms with van der Waals surface area (Å²) in [5, 5.41) is 0. The highest BCUT2D eigenvalue weighted by Crippen LogP contribution is 2.65. The lowest BCUT2D eigenvalue weighted by Crippen LogP contribution is -2.81. The van der Waals surface area contributed by atoms with Gasteiger partial charge in [0.15, 0.2) is 0 Å². The monoisotopic (exact) mass is 618 g/mol. The summed E-state index contributed by atoms with van der Waals surface area (Å²) >= 11 is 0. The largest absolute Gasteiger partial charge is 0.459 e. The molecule has 0 spiro atoms. The van der Waals surface area contributed by atoms with Gasteiger partial charge in [0, 0.05) is 0 Å². The van der Waals surface area contributed by atoms with E-state index in [4.69, 9.17) is 0 Å². The van der Waals surface area contributed by atoms with E-state index in [0.29, 0.717) is 0 Å². The number of hydrogen-bond donors (Lipinski definition) is 0. The average molecular weight is 618 g/mol. The van der Waals surface area contributed by atoms with Crippen LogP contribution in [0.4, 0.5) is 105 Å². The Kier molecular flexibility index (Phi) is 8.50. The van der Waals surface area contributed by atoms with Crippen molar-refractivity contribution < 1.29 is 110 Å². The second-order valence-electron chi connectivity index (χ2n) is 6.46. The fourth-order valence-electron chi connectivity index (χ4n) is 2.18. The van der Waals surface area contributed by atoms with Crippen molar-refractivity contribution in [3.05, 3.63) is 0 Å². The minimum Gasteiger partial charge on any atom is -0.292 e. The average Bonchev–Trinajstić information content (AvgIpc) is 2.61. The van der Waals surface area contributed by atoms with Gasteiger partial charge in [0.2, 0.25) is 0 Å². The van der Waals surface area contributed by atoms with Crippen molar-refractivity contribution in [1.29, 1.82) is 0 Å². The van der Waals surface area contributed by atoms with Crippen molar-refractivity contribution in [2.75, 3.05) is 0 Å². The maximum absolute atomic E-state index is 14.5. The van der Waals surface area contributed by atoms with Gasteiger partial charge in [-0.2, -0.15) is 70.2 Å². The van der Waals surface area contributed by atoms with E-state index in [2.05, 4.69) is 0 Å². The molecule has 0 aromatic heterocycles. The standard InChI is InChI=1S/C12H2F24O/c13-1(14)3(17,9(25,26)27)7(23,5(19,20)11(31,32)33)37-8(24,6(21,22)12(34,35)36)4(18,2(15)16)10(28,29)30/h1-2H. The third kappa shape index (κ3) is 4.58. The van der Waals surface area contributed by atoms with Crippen LogP contribution < -0.4 is 0 Å². The van der Waals surface area contributed by atoms with Gasteiger partial charge in [-0.1, -0.05) is 0 Å². The van der Waals surface area contributed by atoms with Crippen molar-refractivity contribution in [1.82, 2.24) is 0 Å². The van der Waals surface area contributed by atoms with E-state index in [9.17, 15) is 105 Å². The Morgan fingerprint density at radius 2 is 0.514 bits per heavy atom. The zero-order valence-corrected chi connectivity index (χ0v) is 15.6. The van der Waals surface area contributed by atoms with Crippen LogP contribution >= 0.6 is 0 Å². The third-order valence-electron chi connectivity index (χ3n) is 4.16. The zero-order chi connectivity index (χ0) is 30.9. The van der Waals surface area contributed by atoms with Crippen molar-refractivity contribution in [3.63, 3.8) is 0 Å². The van der Waals surface area contributed by atoms with Crippen LogP contribution in [0.25, 0.3) is 0 Å². The normalized spacial score (nSPS) is 21.9. The molecule has 0 saturated carbocycles. The highest BCUT2D eigenvalue weighted by atomic mass is 19.4. The third-order valence-corrected chi connectivity index (χ3v) is 4.16. The first-order valence-corrected chi connectivity index (χ1v) is 7.64. The Morgan fingerprint density at radius 1 is 0.324 bits per heavy atom. The molecule has 0 heterocycles. The Labute approximate surface area is 184 Å². The predicted octanol–water partition coefficient (Wildman–Crippen LogP) is 7.80. The van der Waals surface area contributed by atoms with Gasteiger partial charge in [-0.15, -0.1) is 0 Å². The topological polar surface area (TPSA) is 9.23 Å². The molecule has 0 radical (unpaired) electrons. The first-order chi connectivity index (χ1) is 15.6. The molecular weight excluding hydrogens is 616 g/mol. The Morgan fingerprint density at radius 3 is 0.622 bits per heavy atom. The lowest BCUT2D eigenvalue weighted by Gasteiger charge is -2.50. The van der Waals surface area contributed by atoms with E-state index in [1.165, 1.54) is 0 Å². The molecule has 0 aromatic rings. The molecule has 0 N–H and O–H groups in total. The van der Waals surface area contributed by atoms with Gasteiger partial charge >= 0.3 is 59.6 Å². The minimum atomic E-state index is -9.37. The molecule has 0 aliphatic rings. The quantitative estimate of drug-likeness (QED) is 0.253. The molecule has 25 heteroatoms. The van der Waals surface area contributed by atoms with Crippen LogP contribution in [-0.4, -0.2) is 72.4 Å². The summed E-state index contributed by atoms with van der Waals surface area (Å²) < 4.78 is 313. The molecule has 0 rings (SSSR count). The van der Waals surface area contributed by atoms with Crippen LogP contribution in [-0.2, 0) is 4.74 Å². The molecule has 224 valence electrons. The summed E-state index contributed by atoms with van der Waals surface area (Å²) in [7, 11) is 0. The van der Waals surface area contributed by atoms with Gasteiger partial charge in [0.1, 0.15) is 0 Å². The Bertz CT molecular complexity index is 737. The lowest BCUT2D eigenvalue weighted by atomic mass is 9.85. The van der Waals surface area contributed by atoms with E-state index in [1.807, 2.05) is 0 Å². The van der Waals surface area contributed by atoms with Crippen LogP contribution in [0, 0.1) is 0 Å². The van der Waals surface area contributed by atoms with E-state index in [0.717, 1.165) is 4.74 Å². The molecule has 37 heavy (non-hydrogen) atoms. The SMILES string of the molecule is FC(F)C(F)(C(F)(F)F)C(F)(OC(F)(C(F)(F)C(F)(F)F)C(F)(C(F)F)C(F)(F)F)C(F)(F)C(F)(F)F. The fraction of sp³-hybridized carbons (Fsp3) is 1.00. The van der Waals surface area contributed by atoms with Gasteiger partial charge in [0.05, 0.1) is 0 Å². The molecule has 4 unspecified atom stereocenters. The van der Waals surface area contributed by atoms with Gasteiger partial charge in [-0.3, -0.25) is 4.74 Å². The van der Waals surface area contributed by atoms with Crippen molar-refractivity contribution in [3.8, 4) is 0 Å². The molecular formula is C12H2F24O. The smallest absolute Gasteiger partial charge is 0.292 e. The molecule has 0 aromatic carbocycles. The van der Waals surface area contributed by atoms with Crippen LogP contribution in [0.15, 0.2) is 0 Å². The Balaban J connectivity index is 8.36. The van der Waals surface area contributed by atoms with Crippen LogP contribution in [0.3, 0.4) is 0 Å². The molecule has 0 saturated heterocycles. The predicted molar refractivity (Wildman–Crippen MR) is 62.6 cm³/mol. The summed E-state index contributed by atoms with van der Waals surface area (Å²) in [6.07, 6.45) is -48.1. The summed E-state index contributed by atoms with van der Waals surface area (Å²) in [4.78, 5) is 0. The molecule has 0 aliphatic heterocycles. The molecule has 0 aliphatic carbocycles. The highest BCUT2D eigenvalue weighted by Gasteiger charge is 2.96. The van der Waals surface area contributed by atoms with Gasteiger partial charge < -0.3 is 0 Å². The number of ether oxygens (including phenoxy) is 1. The second kappa shape index (κ2) is 8.91. The van der Waals surface area contributed by atoms with E-state index in [-0.39, 0.29) is 0 Å². The molecule has 0 amide bonds. The van der Waals surface area contributed by atoms with E-state index < -0.39 is 72.4 Å². The van der Waals surface area contributed by atoms with Gasteiger partial charge in [0.25, 0.3) is 12.9 Å². The Hall–Kier alpha value is -1.72. The minimum absolute atomic E-state index is 0.891. The fourth-order valence-corrected chi connectivity index (χ4v) is 2.18. The summed E-state index contributed by atoms with van der Waals surface area (Å²) in [5.41, 5.74) is -17.6. The van der Waals surface area contributed by atoms with Gasteiger partial charge in [-0.25, -0.2) is 35.1 Å². The number of rotatable bonds is 8. The molecule has 0 fully saturated rings. The van der Waals surface area contributed by atoms with E-state index in [1.54, 1.807) is 0 Å². The second-order valence-corrected chi connectivity index (χ2v) is 6.46. The lowest BCUT2D eigenvalue weighted by molar-refractivity contribution is -0.532. The number of halogens is 24. The number of hydrogen-bond acceptors (Lipinski definition) is 1. The summed E-state index contributed by atoms with van der Waals surface area (Å²) in [6, 6.07) is 0. The summed E-state index contributed by atoms with van der Waals surface area (Å²) in [6.45, 7) is 0. The van der Waals surface area contributed by atoms with Crippen LogP contribution in [0.1, 0.15) is 0 Å². The van der Waals surface area contributed by atoms with Crippen LogP contribution in [0.2, 0.25) is 0 Å². The summed E-state index contributed by atoms with van der Waals surface area (Å²) in [5.74, 6) is -36.9. The molecule has 4 atom stereocenters. The zero-order valence-electron chi connectivity index (χ0n) is 15.6. The van der Waals surface area contributed by atoms with Gasteiger partial charge in [-0.05, 0) is 0 Å². The van der Waals surface area contributed by atoms with Crippen molar-refractivity contribution in [2.45, 2.75) is 72.4 Å². The molecule has 0 bridgehead atoms. The maximum atomic E-state index is 14.5. The van der Waals surface area contributed by atoms with Crippen molar-refractivity contribution >= 4 is 0 Å². The number of alkyl halides is 24.